The van der Waals surface area contributed by atoms with Crippen LogP contribution in [0.3, 0.4) is 0 Å². The maximum atomic E-state index is 12.4. The predicted octanol–water partition coefficient (Wildman–Crippen LogP) is 3.07. The monoisotopic (exact) mass is 405 g/mol. The molecule has 27 heavy (non-hydrogen) atoms. The van der Waals surface area contributed by atoms with Crippen LogP contribution < -0.4 is 5.32 Å². The Kier molecular flexibility index (Phi) is 6.72. The number of rotatable bonds is 5. The van der Waals surface area contributed by atoms with Gasteiger partial charge in [0.1, 0.15) is 0 Å². The molecule has 5 nitrogen and oxygen atoms in total. The quantitative estimate of drug-likeness (QED) is 0.831. The van der Waals surface area contributed by atoms with E-state index in [1.165, 1.54) is 0 Å². The molecule has 3 rings (SSSR count). The Morgan fingerprint density at radius 2 is 1.63 bits per heavy atom. The number of halogens is 2. The first kappa shape index (κ1) is 19.7. The summed E-state index contributed by atoms with van der Waals surface area (Å²) in [5, 5.41) is 3.97. The summed E-state index contributed by atoms with van der Waals surface area (Å²) < 4.78 is 0. The Labute approximate surface area is 168 Å². The number of amides is 2. The van der Waals surface area contributed by atoms with E-state index in [1.54, 1.807) is 29.2 Å². The lowest BCUT2D eigenvalue weighted by Gasteiger charge is -2.34. The number of hydrogen-bond donors (Lipinski definition) is 1. The van der Waals surface area contributed by atoms with Gasteiger partial charge in [0, 0.05) is 48.3 Å². The van der Waals surface area contributed by atoms with Crippen LogP contribution in [-0.2, 0) is 11.3 Å². The first-order chi connectivity index (χ1) is 13.0. The Balaban J connectivity index is 1.43. The molecule has 0 spiro atoms. The second kappa shape index (κ2) is 9.22. The maximum Gasteiger partial charge on any atom is 0.251 e. The summed E-state index contributed by atoms with van der Waals surface area (Å²) in [6.07, 6.45) is 0. The molecule has 0 unspecified atom stereocenters. The number of nitrogens with one attached hydrogen (secondary N) is 1. The zero-order valence-electron chi connectivity index (χ0n) is 14.8. The van der Waals surface area contributed by atoms with Crippen LogP contribution in [0.25, 0.3) is 0 Å². The molecule has 0 aromatic heterocycles. The van der Waals surface area contributed by atoms with Crippen molar-refractivity contribution < 1.29 is 9.59 Å². The van der Waals surface area contributed by atoms with Gasteiger partial charge in [0.15, 0.2) is 0 Å². The molecule has 1 fully saturated rings. The van der Waals surface area contributed by atoms with Gasteiger partial charge in [-0.2, -0.15) is 0 Å². The van der Waals surface area contributed by atoms with Crippen molar-refractivity contribution in [2.24, 2.45) is 0 Å². The van der Waals surface area contributed by atoms with Gasteiger partial charge in [-0.1, -0.05) is 35.3 Å². The molecular formula is C20H21Cl2N3O2. The highest BCUT2D eigenvalue weighted by Gasteiger charge is 2.21. The highest BCUT2D eigenvalue weighted by atomic mass is 35.5. The minimum absolute atomic E-state index is 0.00421. The van der Waals surface area contributed by atoms with Gasteiger partial charge in [-0.3, -0.25) is 14.5 Å². The fraction of sp³-hybridized carbons (Fsp3) is 0.300. The SMILES string of the molecule is O=C(NCC(=O)N1CCN(Cc2cccc(Cl)c2)CC1)c1ccc(Cl)cc1. The van der Waals surface area contributed by atoms with E-state index in [1.807, 2.05) is 18.2 Å². The van der Waals surface area contributed by atoms with Crippen molar-refractivity contribution in [3.8, 4) is 0 Å². The van der Waals surface area contributed by atoms with Gasteiger partial charge >= 0.3 is 0 Å². The van der Waals surface area contributed by atoms with Gasteiger partial charge < -0.3 is 10.2 Å². The van der Waals surface area contributed by atoms with E-state index < -0.39 is 0 Å². The van der Waals surface area contributed by atoms with E-state index in [9.17, 15) is 9.59 Å². The van der Waals surface area contributed by atoms with Crippen molar-refractivity contribution in [3.05, 3.63) is 69.7 Å². The topological polar surface area (TPSA) is 52.7 Å². The van der Waals surface area contributed by atoms with E-state index in [4.69, 9.17) is 23.2 Å². The Morgan fingerprint density at radius 3 is 2.30 bits per heavy atom. The molecule has 7 heteroatoms. The van der Waals surface area contributed by atoms with Crippen LogP contribution in [0.5, 0.6) is 0 Å². The van der Waals surface area contributed by atoms with Crippen molar-refractivity contribution in [3.63, 3.8) is 0 Å². The maximum absolute atomic E-state index is 12.4. The molecule has 1 N–H and O–H groups in total. The number of hydrogen-bond acceptors (Lipinski definition) is 3. The lowest BCUT2D eigenvalue weighted by Crippen LogP contribution is -2.50. The van der Waals surface area contributed by atoms with Crippen molar-refractivity contribution in [1.29, 1.82) is 0 Å². The van der Waals surface area contributed by atoms with Crippen LogP contribution in [0, 0.1) is 0 Å². The third kappa shape index (κ3) is 5.70. The Hall–Kier alpha value is -2.08. The average molecular weight is 406 g/mol. The molecule has 142 valence electrons. The summed E-state index contributed by atoms with van der Waals surface area (Å²) in [7, 11) is 0. The van der Waals surface area contributed by atoms with Crippen LogP contribution in [0.2, 0.25) is 10.0 Å². The molecule has 1 aliphatic heterocycles. The fourth-order valence-electron chi connectivity index (χ4n) is 3.02. The van der Waals surface area contributed by atoms with Crippen molar-refractivity contribution in [1.82, 2.24) is 15.1 Å². The molecule has 2 amide bonds. The first-order valence-electron chi connectivity index (χ1n) is 8.79. The number of nitrogens with zero attached hydrogens (tertiary/aromatic N) is 2. The zero-order chi connectivity index (χ0) is 19.2. The van der Waals surface area contributed by atoms with Crippen LogP contribution >= 0.6 is 23.2 Å². The smallest absolute Gasteiger partial charge is 0.251 e. The van der Waals surface area contributed by atoms with Crippen LogP contribution in [0.15, 0.2) is 48.5 Å². The summed E-state index contributed by atoms with van der Waals surface area (Å²) in [5.41, 5.74) is 1.65. The molecule has 0 radical (unpaired) electrons. The number of benzene rings is 2. The minimum Gasteiger partial charge on any atom is -0.343 e. The highest BCUT2D eigenvalue weighted by molar-refractivity contribution is 6.30. The van der Waals surface area contributed by atoms with Gasteiger partial charge in [0.2, 0.25) is 5.91 Å². The summed E-state index contributed by atoms with van der Waals surface area (Å²) in [5.74, 6) is -0.348. The number of carbonyl (C=O) groups is 2. The van der Waals surface area contributed by atoms with Gasteiger partial charge in [-0.25, -0.2) is 0 Å². The predicted molar refractivity (Wildman–Crippen MR) is 107 cm³/mol. The molecule has 2 aromatic carbocycles. The van der Waals surface area contributed by atoms with Gasteiger partial charge in [-0.05, 0) is 42.0 Å². The lowest BCUT2D eigenvalue weighted by molar-refractivity contribution is -0.131. The summed E-state index contributed by atoms with van der Waals surface area (Å²) in [4.78, 5) is 28.5. The van der Waals surface area contributed by atoms with E-state index in [-0.39, 0.29) is 18.4 Å². The zero-order valence-corrected chi connectivity index (χ0v) is 16.3. The second-order valence-corrected chi connectivity index (χ2v) is 7.35. The molecule has 0 atom stereocenters. The van der Waals surface area contributed by atoms with E-state index in [2.05, 4.69) is 16.3 Å². The Bertz CT molecular complexity index is 803. The van der Waals surface area contributed by atoms with Gasteiger partial charge in [-0.15, -0.1) is 0 Å². The minimum atomic E-state index is -0.278. The third-order valence-corrected chi connectivity index (χ3v) is 5.01. The van der Waals surface area contributed by atoms with Gasteiger partial charge in [0.25, 0.3) is 5.91 Å². The lowest BCUT2D eigenvalue weighted by atomic mass is 10.2. The molecule has 1 aliphatic rings. The molecule has 0 bridgehead atoms. The van der Waals surface area contributed by atoms with Gasteiger partial charge in [0.05, 0.1) is 6.54 Å². The fourth-order valence-corrected chi connectivity index (χ4v) is 3.36. The third-order valence-electron chi connectivity index (χ3n) is 4.53. The van der Waals surface area contributed by atoms with Crippen LogP contribution in [0.4, 0.5) is 0 Å². The van der Waals surface area contributed by atoms with Crippen molar-refractivity contribution in [2.75, 3.05) is 32.7 Å². The summed E-state index contributed by atoms with van der Waals surface area (Å²) in [6.45, 7) is 3.70. The summed E-state index contributed by atoms with van der Waals surface area (Å²) in [6, 6.07) is 14.4. The Morgan fingerprint density at radius 1 is 0.926 bits per heavy atom. The average Bonchev–Trinajstić information content (AvgIpc) is 2.67. The standard InChI is InChI=1S/C20H21Cl2N3O2/c21-17-6-4-16(5-7-17)20(27)23-13-19(26)25-10-8-24(9-11-25)14-15-2-1-3-18(22)12-15/h1-7,12H,8-11,13-14H2,(H,23,27). The highest BCUT2D eigenvalue weighted by Crippen LogP contribution is 2.14. The molecule has 1 heterocycles. The number of piperazine rings is 1. The summed E-state index contributed by atoms with van der Waals surface area (Å²) >= 11 is 11.8. The molecule has 2 aromatic rings. The molecule has 0 aliphatic carbocycles. The largest absolute Gasteiger partial charge is 0.343 e. The van der Waals surface area contributed by atoms with E-state index in [0.717, 1.165) is 30.2 Å². The molecular weight excluding hydrogens is 385 g/mol. The van der Waals surface area contributed by atoms with E-state index >= 15 is 0 Å². The van der Waals surface area contributed by atoms with Crippen LogP contribution in [0.1, 0.15) is 15.9 Å². The molecule has 0 saturated carbocycles. The first-order valence-corrected chi connectivity index (χ1v) is 9.55. The second-order valence-electron chi connectivity index (χ2n) is 6.48. The van der Waals surface area contributed by atoms with Crippen LogP contribution in [-0.4, -0.2) is 54.3 Å². The normalized spacial score (nSPS) is 14.8. The number of carbonyl (C=O) groups excluding carboxylic acids is 2. The molecule has 1 saturated heterocycles. The van der Waals surface area contributed by atoms with Crippen molar-refractivity contribution in [2.45, 2.75) is 6.54 Å². The van der Waals surface area contributed by atoms with E-state index in [0.29, 0.717) is 23.7 Å². The van der Waals surface area contributed by atoms with Crippen molar-refractivity contribution >= 4 is 35.0 Å².